The second-order valence-corrected chi connectivity index (χ2v) is 5.47. The number of thiocarbonyl (C=S) groups is 1. The molecular formula is C15H17N3O4S. The van der Waals surface area contributed by atoms with Crippen LogP contribution in [0.3, 0.4) is 0 Å². The van der Waals surface area contributed by atoms with E-state index in [2.05, 4.69) is 10.6 Å². The highest BCUT2D eigenvalue weighted by molar-refractivity contribution is 7.80. The molecular weight excluding hydrogens is 318 g/mol. The van der Waals surface area contributed by atoms with Crippen LogP contribution in [-0.4, -0.2) is 22.6 Å². The van der Waals surface area contributed by atoms with Crippen LogP contribution < -0.4 is 10.6 Å². The van der Waals surface area contributed by atoms with E-state index in [9.17, 15) is 14.9 Å². The van der Waals surface area contributed by atoms with E-state index in [0.29, 0.717) is 35.0 Å². The number of carbonyl (C=O) groups is 1. The zero-order valence-electron chi connectivity index (χ0n) is 12.8. The summed E-state index contributed by atoms with van der Waals surface area (Å²) in [5.41, 5.74) is 1.47. The van der Waals surface area contributed by atoms with Crippen molar-refractivity contribution >= 4 is 29.0 Å². The van der Waals surface area contributed by atoms with Gasteiger partial charge in [-0.15, -0.1) is 0 Å². The van der Waals surface area contributed by atoms with Crippen molar-refractivity contribution in [3.05, 3.63) is 51.2 Å². The molecule has 2 rings (SSSR count). The Morgan fingerprint density at radius 2 is 2.22 bits per heavy atom. The molecule has 7 nitrogen and oxygen atoms in total. The number of allylic oxidation sites excluding steroid dienone is 1. The second kappa shape index (κ2) is 7.19. The van der Waals surface area contributed by atoms with E-state index < -0.39 is 16.9 Å². The summed E-state index contributed by atoms with van der Waals surface area (Å²) < 4.78 is 5.21. The Kier molecular flexibility index (Phi) is 5.28. The maximum absolute atomic E-state index is 12.3. The minimum atomic E-state index is -0.590. The third-order valence-corrected chi connectivity index (χ3v) is 3.56. The Balaban J connectivity index is 2.42. The molecule has 1 heterocycles. The molecule has 0 radical (unpaired) electrons. The Morgan fingerprint density at radius 1 is 1.48 bits per heavy atom. The lowest BCUT2D eigenvalue weighted by Gasteiger charge is -2.29. The number of benzene rings is 1. The number of rotatable bonds is 5. The summed E-state index contributed by atoms with van der Waals surface area (Å²) in [5, 5.41) is 17.2. The summed E-state index contributed by atoms with van der Waals surface area (Å²) in [5.74, 6) is -0.469. The SMILES string of the molecule is CCCOC(=O)C1=C(C)NC(=S)N[C@H]1c1cccc([N+](=O)[O-])c1. The number of carbonyl (C=O) groups excluding carboxylic acids is 1. The Bertz CT molecular complexity index is 687. The number of ether oxygens (including phenoxy) is 1. The van der Waals surface area contributed by atoms with Gasteiger partial charge in [0.1, 0.15) is 0 Å². The van der Waals surface area contributed by atoms with Crippen LogP contribution in [0, 0.1) is 10.1 Å². The zero-order valence-corrected chi connectivity index (χ0v) is 13.6. The number of nitrogens with one attached hydrogen (secondary N) is 2. The lowest BCUT2D eigenvalue weighted by atomic mass is 9.95. The predicted molar refractivity (Wildman–Crippen MR) is 88.7 cm³/mol. The van der Waals surface area contributed by atoms with Crippen LogP contribution in [0.4, 0.5) is 5.69 Å². The van der Waals surface area contributed by atoms with Crippen LogP contribution in [0.15, 0.2) is 35.5 Å². The first-order valence-electron chi connectivity index (χ1n) is 7.13. The molecule has 1 atom stereocenters. The topological polar surface area (TPSA) is 93.5 Å². The van der Waals surface area contributed by atoms with Gasteiger partial charge in [0, 0.05) is 17.8 Å². The second-order valence-electron chi connectivity index (χ2n) is 5.06. The number of nitrogens with zero attached hydrogens (tertiary/aromatic N) is 1. The standard InChI is InChI=1S/C15H17N3O4S/c1-3-7-22-14(19)12-9(2)16-15(23)17-13(12)10-5-4-6-11(8-10)18(20)21/h4-6,8,13H,3,7H2,1-2H3,(H2,16,17,23)/t13-/m0/s1. The van der Waals surface area contributed by atoms with Gasteiger partial charge in [0.15, 0.2) is 5.11 Å². The Labute approximate surface area is 138 Å². The highest BCUT2D eigenvalue weighted by Crippen LogP contribution is 2.29. The molecule has 0 saturated heterocycles. The fourth-order valence-corrected chi connectivity index (χ4v) is 2.58. The monoisotopic (exact) mass is 335 g/mol. The van der Waals surface area contributed by atoms with Crippen molar-refractivity contribution < 1.29 is 14.5 Å². The molecule has 0 bridgehead atoms. The molecule has 0 saturated carbocycles. The van der Waals surface area contributed by atoms with Crippen molar-refractivity contribution in [1.82, 2.24) is 10.6 Å². The smallest absolute Gasteiger partial charge is 0.338 e. The number of esters is 1. The Hall–Kier alpha value is -2.48. The normalized spacial score (nSPS) is 17.3. The van der Waals surface area contributed by atoms with Gasteiger partial charge < -0.3 is 15.4 Å². The van der Waals surface area contributed by atoms with Crippen LogP contribution >= 0.6 is 12.2 Å². The number of hydrogen-bond donors (Lipinski definition) is 2. The lowest BCUT2D eigenvalue weighted by molar-refractivity contribution is -0.384. The summed E-state index contributed by atoms with van der Waals surface area (Å²) in [6, 6.07) is 5.51. The van der Waals surface area contributed by atoms with Gasteiger partial charge in [-0.05, 0) is 31.1 Å². The minimum absolute atomic E-state index is 0.0484. The molecule has 1 aliphatic heterocycles. The molecule has 0 spiro atoms. The quantitative estimate of drug-likeness (QED) is 0.369. The molecule has 0 aromatic heterocycles. The van der Waals surface area contributed by atoms with Crippen LogP contribution in [0.25, 0.3) is 0 Å². The average Bonchev–Trinajstić information content (AvgIpc) is 2.52. The van der Waals surface area contributed by atoms with E-state index in [-0.39, 0.29) is 5.69 Å². The molecule has 122 valence electrons. The average molecular weight is 335 g/mol. The first-order valence-corrected chi connectivity index (χ1v) is 7.54. The lowest BCUT2D eigenvalue weighted by Crippen LogP contribution is -2.45. The van der Waals surface area contributed by atoms with Crippen LogP contribution in [0.5, 0.6) is 0 Å². The van der Waals surface area contributed by atoms with E-state index in [1.807, 2.05) is 6.92 Å². The van der Waals surface area contributed by atoms with Gasteiger partial charge >= 0.3 is 5.97 Å². The fourth-order valence-electron chi connectivity index (χ4n) is 2.30. The van der Waals surface area contributed by atoms with Gasteiger partial charge in [0.2, 0.25) is 0 Å². The van der Waals surface area contributed by atoms with Crippen molar-refractivity contribution in [3.8, 4) is 0 Å². The van der Waals surface area contributed by atoms with Crippen LogP contribution in [0.1, 0.15) is 31.9 Å². The van der Waals surface area contributed by atoms with Crippen LogP contribution in [0.2, 0.25) is 0 Å². The van der Waals surface area contributed by atoms with E-state index in [1.54, 1.807) is 19.1 Å². The number of nitro benzene ring substituents is 1. The molecule has 23 heavy (non-hydrogen) atoms. The van der Waals surface area contributed by atoms with Gasteiger partial charge in [-0.2, -0.15) is 0 Å². The van der Waals surface area contributed by atoms with Crippen molar-refractivity contribution in [2.24, 2.45) is 0 Å². The summed E-state index contributed by atoms with van der Waals surface area (Å²) in [6.07, 6.45) is 0.707. The summed E-state index contributed by atoms with van der Waals surface area (Å²) in [6.45, 7) is 3.93. The first kappa shape index (κ1) is 16.9. The van der Waals surface area contributed by atoms with E-state index >= 15 is 0 Å². The fraction of sp³-hybridized carbons (Fsp3) is 0.333. The van der Waals surface area contributed by atoms with Gasteiger partial charge in [-0.25, -0.2) is 4.79 Å². The largest absolute Gasteiger partial charge is 0.462 e. The molecule has 1 aromatic carbocycles. The third kappa shape index (κ3) is 3.84. The van der Waals surface area contributed by atoms with Crippen LogP contribution in [-0.2, 0) is 9.53 Å². The van der Waals surface area contributed by atoms with Crippen molar-refractivity contribution in [2.75, 3.05) is 6.61 Å². The number of non-ortho nitro benzene ring substituents is 1. The summed E-state index contributed by atoms with van der Waals surface area (Å²) >= 11 is 5.13. The zero-order chi connectivity index (χ0) is 17.0. The van der Waals surface area contributed by atoms with E-state index in [0.717, 1.165) is 0 Å². The molecule has 1 aromatic rings. The van der Waals surface area contributed by atoms with Crippen molar-refractivity contribution in [1.29, 1.82) is 0 Å². The Morgan fingerprint density at radius 3 is 2.87 bits per heavy atom. The molecule has 2 N–H and O–H groups in total. The number of nitro groups is 1. The third-order valence-electron chi connectivity index (χ3n) is 3.34. The first-order chi connectivity index (χ1) is 10.9. The summed E-state index contributed by atoms with van der Waals surface area (Å²) in [4.78, 5) is 22.8. The van der Waals surface area contributed by atoms with Gasteiger partial charge in [0.05, 0.1) is 23.1 Å². The van der Waals surface area contributed by atoms with Gasteiger partial charge in [-0.1, -0.05) is 19.1 Å². The maximum Gasteiger partial charge on any atom is 0.338 e. The van der Waals surface area contributed by atoms with E-state index in [1.165, 1.54) is 12.1 Å². The predicted octanol–water partition coefficient (Wildman–Crippen LogP) is 2.34. The summed E-state index contributed by atoms with van der Waals surface area (Å²) in [7, 11) is 0. The highest BCUT2D eigenvalue weighted by atomic mass is 32.1. The highest BCUT2D eigenvalue weighted by Gasteiger charge is 2.31. The maximum atomic E-state index is 12.3. The van der Waals surface area contributed by atoms with Crippen molar-refractivity contribution in [3.63, 3.8) is 0 Å². The van der Waals surface area contributed by atoms with E-state index in [4.69, 9.17) is 17.0 Å². The van der Waals surface area contributed by atoms with Gasteiger partial charge in [-0.3, -0.25) is 10.1 Å². The molecule has 0 unspecified atom stereocenters. The van der Waals surface area contributed by atoms with Crippen molar-refractivity contribution in [2.45, 2.75) is 26.3 Å². The van der Waals surface area contributed by atoms with Gasteiger partial charge in [0.25, 0.3) is 5.69 Å². The minimum Gasteiger partial charge on any atom is -0.462 e. The molecule has 0 fully saturated rings. The number of hydrogen-bond acceptors (Lipinski definition) is 5. The molecule has 1 aliphatic rings. The molecule has 0 amide bonds. The molecule has 0 aliphatic carbocycles. The molecule has 8 heteroatoms.